The highest BCUT2D eigenvalue weighted by molar-refractivity contribution is 6.18. The highest BCUT2D eigenvalue weighted by Gasteiger charge is 2.23. The van der Waals surface area contributed by atoms with Gasteiger partial charge in [-0.15, -0.1) is 0 Å². The summed E-state index contributed by atoms with van der Waals surface area (Å²) in [6, 6.07) is 65.7. The summed E-state index contributed by atoms with van der Waals surface area (Å²) in [6.07, 6.45) is 2.13. The molecule has 0 atom stereocenters. The number of benzene rings is 7. The minimum atomic E-state index is 0.896. The molecule has 0 spiro atoms. The monoisotopic (exact) mass is 689 g/mol. The number of aromatic nitrogens is 5. The number of hydrogen-bond donors (Lipinski definition) is 0. The van der Waals surface area contributed by atoms with E-state index in [1.165, 1.54) is 54.8 Å². The smallest absolute Gasteiger partial charge is 0.221 e. The topological polar surface area (TPSA) is 31.6 Å². The number of hydrogen-bond acceptors (Lipinski definition) is 1. The van der Waals surface area contributed by atoms with Gasteiger partial charge in [0.15, 0.2) is 0 Å². The van der Waals surface area contributed by atoms with E-state index in [2.05, 4.69) is 206 Å². The molecule has 5 heterocycles. The normalized spacial score (nSPS) is 12.1. The lowest BCUT2D eigenvalue weighted by Gasteiger charge is -2.12. The third kappa shape index (κ3) is 4.06. The van der Waals surface area contributed by atoms with Crippen molar-refractivity contribution in [3.8, 4) is 33.6 Å². The van der Waals surface area contributed by atoms with Crippen molar-refractivity contribution in [3.63, 3.8) is 0 Å². The van der Waals surface area contributed by atoms with Crippen LogP contribution in [0.4, 0.5) is 0 Å². The molecule has 0 amide bonds. The van der Waals surface area contributed by atoms with Crippen LogP contribution < -0.4 is 0 Å². The van der Waals surface area contributed by atoms with Gasteiger partial charge in [0.1, 0.15) is 5.65 Å². The van der Waals surface area contributed by atoms with Gasteiger partial charge in [-0.3, -0.25) is 13.4 Å². The fourth-order valence-electron chi connectivity index (χ4n) is 8.79. The second kappa shape index (κ2) is 11.1. The van der Waals surface area contributed by atoms with E-state index in [4.69, 9.17) is 4.98 Å². The number of fused-ring (bicyclic) bond motifs is 13. The number of nitrogens with zero attached hydrogens (tertiary/aromatic N) is 5. The Morgan fingerprint density at radius 3 is 1.81 bits per heavy atom. The van der Waals surface area contributed by atoms with E-state index in [9.17, 15) is 0 Å². The van der Waals surface area contributed by atoms with Gasteiger partial charge in [-0.1, -0.05) is 103 Å². The summed E-state index contributed by atoms with van der Waals surface area (Å²) in [5.74, 6) is 0.896. The van der Waals surface area contributed by atoms with E-state index in [-0.39, 0.29) is 0 Å². The number of imidazole rings is 1. The predicted octanol–water partition coefficient (Wildman–Crippen LogP) is 12.3. The van der Waals surface area contributed by atoms with Crippen molar-refractivity contribution >= 4 is 66.1 Å². The summed E-state index contributed by atoms with van der Waals surface area (Å²) in [4.78, 5) is 5.19. The van der Waals surface area contributed by atoms with E-state index in [1.54, 1.807) is 0 Å². The van der Waals surface area contributed by atoms with E-state index in [1.807, 2.05) is 0 Å². The van der Waals surface area contributed by atoms with Crippen molar-refractivity contribution in [1.29, 1.82) is 0 Å². The lowest BCUT2D eigenvalue weighted by Crippen LogP contribution is -2.02. The van der Waals surface area contributed by atoms with Gasteiger partial charge in [-0.25, -0.2) is 4.98 Å². The maximum Gasteiger partial charge on any atom is 0.221 e. The molecule has 0 bridgehead atoms. The van der Waals surface area contributed by atoms with Crippen LogP contribution in [0.5, 0.6) is 0 Å². The summed E-state index contributed by atoms with van der Waals surface area (Å²) < 4.78 is 9.39. The van der Waals surface area contributed by atoms with E-state index < -0.39 is 0 Å². The molecular weight excluding hydrogens is 659 g/mol. The fraction of sp³-hybridized carbons (Fsp3) is 0. The molecule has 5 heteroatoms. The van der Waals surface area contributed by atoms with Gasteiger partial charge in [0.2, 0.25) is 5.78 Å². The summed E-state index contributed by atoms with van der Waals surface area (Å²) in [6.45, 7) is 0. The maximum atomic E-state index is 5.19. The third-order valence-corrected chi connectivity index (χ3v) is 11.1. The molecular formula is C49H31N5. The Balaban J connectivity index is 1.17. The van der Waals surface area contributed by atoms with Gasteiger partial charge in [0.05, 0.1) is 38.5 Å². The molecule has 5 aromatic heterocycles. The third-order valence-electron chi connectivity index (χ3n) is 11.1. The zero-order valence-corrected chi connectivity index (χ0v) is 29.1. The zero-order chi connectivity index (χ0) is 35.3. The Bertz CT molecular complexity index is 3430. The first-order valence-electron chi connectivity index (χ1n) is 18.4. The largest absolute Gasteiger partial charge is 0.309 e. The molecule has 0 unspecified atom stereocenters. The van der Waals surface area contributed by atoms with Crippen LogP contribution in [0.15, 0.2) is 188 Å². The van der Waals surface area contributed by atoms with Crippen LogP contribution in [-0.4, -0.2) is 22.9 Å². The van der Waals surface area contributed by atoms with Crippen LogP contribution in [0.2, 0.25) is 0 Å². The average molecular weight is 690 g/mol. The lowest BCUT2D eigenvalue weighted by molar-refractivity contribution is 1.07. The van der Waals surface area contributed by atoms with Crippen LogP contribution in [0.1, 0.15) is 0 Å². The van der Waals surface area contributed by atoms with Crippen molar-refractivity contribution in [2.45, 2.75) is 0 Å². The average Bonchev–Trinajstić information content (AvgIpc) is 4.02. The van der Waals surface area contributed by atoms with Crippen molar-refractivity contribution < 1.29 is 0 Å². The molecule has 0 radical (unpaired) electrons. The Hall–Kier alpha value is -7.37. The van der Waals surface area contributed by atoms with E-state index in [0.29, 0.717) is 0 Å². The Labute approximate surface area is 309 Å². The minimum absolute atomic E-state index is 0.896. The molecule has 12 rings (SSSR count). The number of rotatable bonds is 4. The highest BCUT2D eigenvalue weighted by Crippen LogP contribution is 2.41. The van der Waals surface area contributed by atoms with Gasteiger partial charge in [-0.2, -0.15) is 0 Å². The first-order valence-corrected chi connectivity index (χ1v) is 18.4. The second-order valence-corrected chi connectivity index (χ2v) is 14.1. The molecule has 0 aliphatic carbocycles. The first kappa shape index (κ1) is 29.2. The molecule has 252 valence electrons. The minimum Gasteiger partial charge on any atom is -0.309 e. The molecule has 0 N–H and O–H groups in total. The Morgan fingerprint density at radius 1 is 0.370 bits per heavy atom. The van der Waals surface area contributed by atoms with Gasteiger partial charge in [0, 0.05) is 33.7 Å². The standard InChI is InChI=1S/C49H31N5/c1-3-13-32(14-4-1)33-15-11-18-37(29-33)53-44-27-25-35(34-24-26-43-39(30-34)38-19-7-9-21-42(38)52(43)36-16-5-2-6-17-36)31-40(44)47-46-23-12-28-51(46)49-50-41-20-8-10-22-45(41)54(49)48(47)53/h1-31H. The van der Waals surface area contributed by atoms with Gasteiger partial charge < -0.3 is 4.57 Å². The fourth-order valence-corrected chi connectivity index (χ4v) is 8.79. The van der Waals surface area contributed by atoms with Crippen LogP contribution in [0.25, 0.3) is 99.7 Å². The van der Waals surface area contributed by atoms with Crippen molar-refractivity contribution in [3.05, 3.63) is 188 Å². The highest BCUT2D eigenvalue weighted by atomic mass is 15.2. The Kier molecular flexibility index (Phi) is 5.99. The van der Waals surface area contributed by atoms with Crippen molar-refractivity contribution in [2.24, 2.45) is 0 Å². The molecule has 5 nitrogen and oxygen atoms in total. The molecule has 0 saturated heterocycles. The summed E-state index contributed by atoms with van der Waals surface area (Å²) in [7, 11) is 0. The molecule has 7 aromatic carbocycles. The molecule has 0 saturated carbocycles. The molecule has 0 fully saturated rings. The lowest BCUT2D eigenvalue weighted by atomic mass is 10.0. The molecule has 0 aliphatic heterocycles. The van der Waals surface area contributed by atoms with Gasteiger partial charge in [-0.05, 0) is 101 Å². The first-order chi connectivity index (χ1) is 26.8. The van der Waals surface area contributed by atoms with Crippen LogP contribution in [0, 0.1) is 0 Å². The second-order valence-electron chi connectivity index (χ2n) is 14.1. The number of para-hydroxylation sites is 4. The van der Waals surface area contributed by atoms with Crippen LogP contribution in [0.3, 0.4) is 0 Å². The maximum absolute atomic E-state index is 5.19. The van der Waals surface area contributed by atoms with Crippen LogP contribution in [-0.2, 0) is 0 Å². The Morgan fingerprint density at radius 2 is 0.981 bits per heavy atom. The quantitative estimate of drug-likeness (QED) is 0.181. The van der Waals surface area contributed by atoms with Gasteiger partial charge in [0.25, 0.3) is 0 Å². The zero-order valence-electron chi connectivity index (χ0n) is 29.1. The van der Waals surface area contributed by atoms with Crippen LogP contribution >= 0.6 is 0 Å². The predicted molar refractivity (Wildman–Crippen MR) is 223 cm³/mol. The molecule has 54 heavy (non-hydrogen) atoms. The SMILES string of the molecule is c1ccc(-c2cccc(-n3c4ccc(-c5ccc6c(c5)c5ccccc5n6-c5ccccc5)cc4c4c5cccn5c5nc6ccccc6n5c43)c2)cc1. The molecule has 0 aliphatic rings. The van der Waals surface area contributed by atoms with Crippen molar-refractivity contribution in [1.82, 2.24) is 22.9 Å². The van der Waals surface area contributed by atoms with E-state index >= 15 is 0 Å². The van der Waals surface area contributed by atoms with E-state index in [0.717, 1.165) is 44.9 Å². The summed E-state index contributed by atoms with van der Waals surface area (Å²) in [5.41, 5.74) is 14.8. The van der Waals surface area contributed by atoms with Crippen molar-refractivity contribution in [2.75, 3.05) is 0 Å². The summed E-state index contributed by atoms with van der Waals surface area (Å²) in [5, 5.41) is 4.88. The summed E-state index contributed by atoms with van der Waals surface area (Å²) >= 11 is 0. The van der Waals surface area contributed by atoms with Gasteiger partial charge >= 0.3 is 0 Å². The molecule has 12 aromatic rings.